The number of hydrogen-bond acceptors (Lipinski definition) is 6. The van der Waals surface area contributed by atoms with Gasteiger partial charge < -0.3 is 4.90 Å². The maximum Gasteiger partial charge on any atom is 0.264 e. The van der Waals surface area contributed by atoms with E-state index >= 15 is 0 Å². The Hall–Kier alpha value is -1.73. The molecule has 2 aromatic heterocycles. The SMILES string of the molecule is CS(=O)(=O)OCCC1CCN(c2ccnc3cnccc23)CC1. The number of piperidine rings is 1. The summed E-state index contributed by atoms with van der Waals surface area (Å²) < 4.78 is 26.8. The van der Waals surface area contributed by atoms with Gasteiger partial charge in [-0.15, -0.1) is 0 Å². The molecule has 0 N–H and O–H groups in total. The van der Waals surface area contributed by atoms with Crippen LogP contribution in [-0.4, -0.2) is 44.3 Å². The number of fused-ring (bicyclic) bond motifs is 1. The summed E-state index contributed by atoms with van der Waals surface area (Å²) in [4.78, 5) is 10.8. The Balaban J connectivity index is 1.60. The molecule has 2 aromatic rings. The third-order valence-electron chi connectivity index (χ3n) is 4.30. The Morgan fingerprint density at radius 3 is 2.78 bits per heavy atom. The van der Waals surface area contributed by atoms with Gasteiger partial charge in [0.25, 0.3) is 10.1 Å². The quantitative estimate of drug-likeness (QED) is 0.780. The highest BCUT2D eigenvalue weighted by Gasteiger charge is 2.21. The maximum atomic E-state index is 11.0. The fraction of sp³-hybridized carbons (Fsp3) is 0.500. The molecule has 0 atom stereocenters. The molecule has 0 spiro atoms. The zero-order valence-corrected chi connectivity index (χ0v) is 14.0. The summed E-state index contributed by atoms with van der Waals surface area (Å²) in [5.41, 5.74) is 2.11. The van der Waals surface area contributed by atoms with Crippen LogP contribution in [-0.2, 0) is 14.3 Å². The number of nitrogens with zero attached hydrogens (tertiary/aromatic N) is 3. The second-order valence-corrected chi connectivity index (χ2v) is 7.61. The third kappa shape index (κ3) is 4.17. The summed E-state index contributed by atoms with van der Waals surface area (Å²) in [6, 6.07) is 4.05. The van der Waals surface area contributed by atoms with Crippen LogP contribution in [0.1, 0.15) is 19.3 Å². The van der Waals surface area contributed by atoms with Gasteiger partial charge in [-0.25, -0.2) is 0 Å². The second-order valence-electron chi connectivity index (χ2n) is 5.97. The van der Waals surface area contributed by atoms with Gasteiger partial charge in [0.2, 0.25) is 0 Å². The average molecular weight is 335 g/mol. The summed E-state index contributed by atoms with van der Waals surface area (Å²) in [5, 5.41) is 1.13. The number of rotatable bonds is 5. The first-order chi connectivity index (χ1) is 11.0. The Bertz CT molecular complexity index is 766. The van der Waals surface area contributed by atoms with E-state index in [0.717, 1.165) is 49.5 Å². The maximum absolute atomic E-state index is 11.0. The Morgan fingerprint density at radius 1 is 1.26 bits per heavy atom. The lowest BCUT2D eigenvalue weighted by Gasteiger charge is -2.34. The fourth-order valence-electron chi connectivity index (χ4n) is 3.09. The van der Waals surface area contributed by atoms with Gasteiger partial charge in [-0.1, -0.05) is 0 Å². The molecular weight excluding hydrogens is 314 g/mol. The highest BCUT2D eigenvalue weighted by molar-refractivity contribution is 7.85. The molecule has 0 bridgehead atoms. The molecule has 0 saturated carbocycles. The van der Waals surface area contributed by atoms with E-state index in [4.69, 9.17) is 4.18 Å². The molecule has 0 aromatic carbocycles. The van der Waals surface area contributed by atoms with Crippen molar-refractivity contribution in [2.45, 2.75) is 19.3 Å². The van der Waals surface area contributed by atoms with Crippen LogP contribution in [0.3, 0.4) is 0 Å². The lowest BCUT2D eigenvalue weighted by atomic mass is 9.93. The van der Waals surface area contributed by atoms with Crippen LogP contribution in [0.5, 0.6) is 0 Å². The van der Waals surface area contributed by atoms with Gasteiger partial charge in [0, 0.05) is 36.6 Å². The highest BCUT2D eigenvalue weighted by atomic mass is 32.2. The topological polar surface area (TPSA) is 72.4 Å². The van der Waals surface area contributed by atoms with Crippen molar-refractivity contribution in [1.29, 1.82) is 0 Å². The number of anilines is 1. The van der Waals surface area contributed by atoms with Crippen molar-refractivity contribution in [1.82, 2.24) is 9.97 Å². The van der Waals surface area contributed by atoms with Crippen LogP contribution in [0.25, 0.3) is 10.9 Å². The normalized spacial score (nSPS) is 16.8. The zero-order chi connectivity index (χ0) is 16.3. The van der Waals surface area contributed by atoms with Crippen molar-refractivity contribution in [2.75, 3.05) is 30.9 Å². The Labute approximate surface area is 136 Å². The second kappa shape index (κ2) is 6.80. The van der Waals surface area contributed by atoms with E-state index in [1.807, 2.05) is 12.3 Å². The smallest absolute Gasteiger partial charge is 0.264 e. The van der Waals surface area contributed by atoms with Crippen molar-refractivity contribution in [2.24, 2.45) is 5.92 Å². The molecule has 1 saturated heterocycles. The van der Waals surface area contributed by atoms with E-state index in [1.54, 1.807) is 12.4 Å². The highest BCUT2D eigenvalue weighted by Crippen LogP contribution is 2.29. The molecule has 7 heteroatoms. The minimum absolute atomic E-state index is 0.285. The fourth-order valence-corrected chi connectivity index (χ4v) is 3.49. The van der Waals surface area contributed by atoms with E-state index in [9.17, 15) is 8.42 Å². The lowest BCUT2D eigenvalue weighted by molar-refractivity contribution is 0.264. The van der Waals surface area contributed by atoms with E-state index in [1.165, 1.54) is 5.69 Å². The van der Waals surface area contributed by atoms with E-state index < -0.39 is 10.1 Å². The minimum Gasteiger partial charge on any atom is -0.371 e. The van der Waals surface area contributed by atoms with Crippen molar-refractivity contribution in [3.8, 4) is 0 Å². The molecule has 23 heavy (non-hydrogen) atoms. The molecule has 0 radical (unpaired) electrons. The molecular formula is C16H21N3O3S. The molecule has 1 aliphatic heterocycles. The molecule has 0 aliphatic carbocycles. The molecule has 0 amide bonds. The molecule has 6 nitrogen and oxygen atoms in total. The van der Waals surface area contributed by atoms with E-state index in [2.05, 4.69) is 20.9 Å². The molecule has 3 rings (SSSR count). The van der Waals surface area contributed by atoms with Gasteiger partial charge in [0.1, 0.15) is 0 Å². The summed E-state index contributed by atoms with van der Waals surface area (Å²) in [7, 11) is -3.33. The van der Waals surface area contributed by atoms with Crippen LogP contribution in [0.15, 0.2) is 30.7 Å². The first kappa shape index (κ1) is 16.1. The summed E-state index contributed by atoms with van der Waals surface area (Å²) in [6.45, 7) is 2.21. The van der Waals surface area contributed by atoms with Crippen LogP contribution in [0.4, 0.5) is 5.69 Å². The van der Waals surface area contributed by atoms with Gasteiger partial charge in [-0.3, -0.25) is 14.2 Å². The average Bonchev–Trinajstić information content (AvgIpc) is 2.54. The Kier molecular flexibility index (Phi) is 4.77. The predicted octanol–water partition coefficient (Wildman–Crippen LogP) is 2.21. The molecule has 1 fully saturated rings. The first-order valence-electron chi connectivity index (χ1n) is 7.81. The van der Waals surface area contributed by atoms with E-state index in [0.29, 0.717) is 5.92 Å². The van der Waals surface area contributed by atoms with Crippen LogP contribution in [0.2, 0.25) is 0 Å². The number of pyridine rings is 2. The van der Waals surface area contributed by atoms with Crippen LogP contribution in [0, 0.1) is 5.92 Å². The minimum atomic E-state index is -3.33. The number of aromatic nitrogens is 2. The van der Waals surface area contributed by atoms with Gasteiger partial charge in [0.05, 0.1) is 24.6 Å². The Morgan fingerprint density at radius 2 is 2.04 bits per heavy atom. The molecule has 0 unspecified atom stereocenters. The third-order valence-corrected chi connectivity index (χ3v) is 4.90. The van der Waals surface area contributed by atoms with E-state index in [-0.39, 0.29) is 6.61 Å². The van der Waals surface area contributed by atoms with Gasteiger partial charge >= 0.3 is 0 Å². The van der Waals surface area contributed by atoms with Crippen molar-refractivity contribution < 1.29 is 12.6 Å². The largest absolute Gasteiger partial charge is 0.371 e. The number of hydrogen-bond donors (Lipinski definition) is 0. The predicted molar refractivity (Wildman–Crippen MR) is 89.9 cm³/mol. The summed E-state index contributed by atoms with van der Waals surface area (Å²) in [6.07, 6.45) is 9.38. The van der Waals surface area contributed by atoms with Gasteiger partial charge in [-0.05, 0) is 37.3 Å². The molecule has 3 heterocycles. The standard InChI is InChI=1S/C16H21N3O3S/c1-23(20,21)22-11-6-13-4-9-19(10-5-13)16-3-8-18-15-12-17-7-2-14(15)16/h2-3,7-8,12-13H,4-6,9-11H2,1H3. The summed E-state index contributed by atoms with van der Waals surface area (Å²) >= 11 is 0. The molecule has 1 aliphatic rings. The summed E-state index contributed by atoms with van der Waals surface area (Å²) in [5.74, 6) is 0.516. The first-order valence-corrected chi connectivity index (χ1v) is 9.63. The van der Waals surface area contributed by atoms with Crippen LogP contribution < -0.4 is 4.90 Å². The van der Waals surface area contributed by atoms with Crippen molar-refractivity contribution in [3.05, 3.63) is 30.7 Å². The van der Waals surface area contributed by atoms with Crippen molar-refractivity contribution >= 4 is 26.7 Å². The van der Waals surface area contributed by atoms with Gasteiger partial charge in [-0.2, -0.15) is 8.42 Å². The zero-order valence-electron chi connectivity index (χ0n) is 13.2. The van der Waals surface area contributed by atoms with Gasteiger partial charge in [0.15, 0.2) is 0 Å². The monoisotopic (exact) mass is 335 g/mol. The van der Waals surface area contributed by atoms with Crippen LogP contribution >= 0.6 is 0 Å². The lowest BCUT2D eigenvalue weighted by Crippen LogP contribution is -2.34. The van der Waals surface area contributed by atoms with Crippen molar-refractivity contribution in [3.63, 3.8) is 0 Å². The molecule has 124 valence electrons.